The molecule has 0 amide bonds. The molecule has 1 aliphatic heterocycles. The molecule has 1 fully saturated rings. The molecule has 1 unspecified atom stereocenters. The van der Waals surface area contributed by atoms with Gasteiger partial charge in [-0.25, -0.2) is 0 Å². The van der Waals surface area contributed by atoms with E-state index in [2.05, 4.69) is 37.3 Å². The van der Waals surface area contributed by atoms with Crippen LogP contribution in [0.5, 0.6) is 0 Å². The average molecular weight is 217 g/mol. The SMILES string of the molecule is Cc1cccc(CC2(C#N)CCCS2)c1. The molecule has 0 bridgehead atoms. The molecule has 0 spiro atoms. The Hall–Kier alpha value is -0.940. The fourth-order valence-corrected chi connectivity index (χ4v) is 3.42. The van der Waals surface area contributed by atoms with Gasteiger partial charge >= 0.3 is 0 Å². The Bertz CT molecular complexity index is 386. The van der Waals surface area contributed by atoms with Gasteiger partial charge in [0.25, 0.3) is 0 Å². The van der Waals surface area contributed by atoms with E-state index in [9.17, 15) is 5.26 Å². The van der Waals surface area contributed by atoms with E-state index in [1.807, 2.05) is 11.8 Å². The van der Waals surface area contributed by atoms with E-state index in [1.165, 1.54) is 17.5 Å². The zero-order chi connectivity index (χ0) is 10.7. The maximum absolute atomic E-state index is 9.28. The van der Waals surface area contributed by atoms with Crippen molar-refractivity contribution in [3.8, 4) is 6.07 Å². The Morgan fingerprint density at radius 1 is 1.53 bits per heavy atom. The Kier molecular flexibility index (Phi) is 3.02. The summed E-state index contributed by atoms with van der Waals surface area (Å²) in [5.74, 6) is 1.14. The molecule has 0 saturated carbocycles. The molecule has 0 aromatic heterocycles. The van der Waals surface area contributed by atoms with Crippen molar-refractivity contribution in [2.45, 2.75) is 30.9 Å². The number of benzene rings is 1. The van der Waals surface area contributed by atoms with Crippen LogP contribution in [-0.4, -0.2) is 10.5 Å². The predicted octanol–water partition coefficient (Wildman–Crippen LogP) is 3.33. The van der Waals surface area contributed by atoms with E-state index in [4.69, 9.17) is 0 Å². The van der Waals surface area contributed by atoms with E-state index in [-0.39, 0.29) is 4.75 Å². The highest BCUT2D eigenvalue weighted by molar-refractivity contribution is 8.01. The molecule has 0 N–H and O–H groups in total. The lowest BCUT2D eigenvalue weighted by molar-refractivity contribution is 0.672. The minimum absolute atomic E-state index is 0.145. The van der Waals surface area contributed by atoms with Crippen molar-refractivity contribution < 1.29 is 0 Å². The first-order chi connectivity index (χ1) is 7.24. The van der Waals surface area contributed by atoms with Crippen molar-refractivity contribution in [1.82, 2.24) is 0 Å². The lowest BCUT2D eigenvalue weighted by atomic mass is 9.95. The van der Waals surface area contributed by atoms with Gasteiger partial charge in [-0.15, -0.1) is 11.8 Å². The van der Waals surface area contributed by atoms with Gasteiger partial charge < -0.3 is 0 Å². The number of aryl methyl sites for hydroxylation is 1. The number of nitrogens with zero attached hydrogens (tertiary/aromatic N) is 1. The molecule has 15 heavy (non-hydrogen) atoms. The van der Waals surface area contributed by atoms with Crippen molar-refractivity contribution in [3.05, 3.63) is 35.4 Å². The van der Waals surface area contributed by atoms with Gasteiger partial charge in [-0.1, -0.05) is 29.8 Å². The van der Waals surface area contributed by atoms with Crippen LogP contribution in [0.25, 0.3) is 0 Å². The Morgan fingerprint density at radius 2 is 2.40 bits per heavy atom. The monoisotopic (exact) mass is 217 g/mol. The van der Waals surface area contributed by atoms with Crippen molar-refractivity contribution in [2.24, 2.45) is 0 Å². The summed E-state index contributed by atoms with van der Waals surface area (Å²) >= 11 is 1.83. The van der Waals surface area contributed by atoms with E-state index in [0.29, 0.717) is 0 Å². The summed E-state index contributed by atoms with van der Waals surface area (Å²) in [7, 11) is 0. The minimum atomic E-state index is -0.145. The number of hydrogen-bond acceptors (Lipinski definition) is 2. The molecule has 1 aliphatic rings. The highest BCUT2D eigenvalue weighted by Crippen LogP contribution is 2.40. The topological polar surface area (TPSA) is 23.8 Å². The second-order valence-corrected chi connectivity index (χ2v) is 5.70. The molecular formula is C13H15NS. The second kappa shape index (κ2) is 4.28. The molecule has 2 rings (SSSR count). The first-order valence-electron chi connectivity index (χ1n) is 5.35. The van der Waals surface area contributed by atoms with E-state index >= 15 is 0 Å². The van der Waals surface area contributed by atoms with Gasteiger partial charge in [-0.3, -0.25) is 0 Å². The van der Waals surface area contributed by atoms with E-state index in [1.54, 1.807) is 0 Å². The standard InChI is InChI=1S/C13H15NS/c1-11-4-2-5-12(8-11)9-13(10-14)6-3-7-15-13/h2,4-5,8H,3,6-7,9H2,1H3. The summed E-state index contributed by atoms with van der Waals surface area (Å²) in [5.41, 5.74) is 2.58. The summed E-state index contributed by atoms with van der Waals surface area (Å²) in [4.78, 5) is 0. The highest BCUT2D eigenvalue weighted by atomic mass is 32.2. The average Bonchev–Trinajstić information content (AvgIpc) is 2.67. The van der Waals surface area contributed by atoms with Gasteiger partial charge in [-0.05, 0) is 31.1 Å². The molecule has 1 atom stereocenters. The molecule has 1 aromatic rings. The molecule has 0 radical (unpaired) electrons. The van der Waals surface area contributed by atoms with E-state index < -0.39 is 0 Å². The van der Waals surface area contributed by atoms with Crippen molar-refractivity contribution >= 4 is 11.8 Å². The van der Waals surface area contributed by atoms with Crippen LogP contribution in [-0.2, 0) is 6.42 Å². The molecule has 1 nitrogen and oxygen atoms in total. The van der Waals surface area contributed by atoms with Crippen LogP contribution >= 0.6 is 11.8 Å². The summed E-state index contributed by atoms with van der Waals surface area (Å²) in [6, 6.07) is 11.0. The third-order valence-corrected chi connectivity index (χ3v) is 4.36. The molecule has 1 heterocycles. The Morgan fingerprint density at radius 3 is 3.00 bits per heavy atom. The minimum Gasteiger partial charge on any atom is -0.197 e. The normalized spacial score (nSPS) is 25.1. The molecule has 1 saturated heterocycles. The maximum Gasteiger partial charge on any atom is 0.106 e. The number of rotatable bonds is 2. The highest BCUT2D eigenvalue weighted by Gasteiger charge is 2.34. The van der Waals surface area contributed by atoms with Crippen molar-refractivity contribution in [2.75, 3.05) is 5.75 Å². The van der Waals surface area contributed by atoms with Gasteiger partial charge in [0, 0.05) is 6.42 Å². The first-order valence-corrected chi connectivity index (χ1v) is 6.33. The lowest BCUT2D eigenvalue weighted by Gasteiger charge is -2.19. The summed E-state index contributed by atoms with van der Waals surface area (Å²) in [6.07, 6.45) is 3.13. The molecular weight excluding hydrogens is 202 g/mol. The number of thioether (sulfide) groups is 1. The number of nitriles is 1. The molecule has 0 aliphatic carbocycles. The summed E-state index contributed by atoms with van der Waals surface area (Å²) < 4.78 is -0.145. The zero-order valence-corrected chi connectivity index (χ0v) is 9.81. The zero-order valence-electron chi connectivity index (χ0n) is 8.99. The summed E-state index contributed by atoms with van der Waals surface area (Å²) in [5, 5.41) is 9.28. The van der Waals surface area contributed by atoms with Gasteiger partial charge in [0.1, 0.15) is 4.75 Å². The smallest absolute Gasteiger partial charge is 0.106 e. The Balaban J connectivity index is 2.17. The van der Waals surface area contributed by atoms with Gasteiger partial charge in [0.05, 0.1) is 6.07 Å². The summed E-state index contributed by atoms with van der Waals surface area (Å²) in [6.45, 7) is 2.10. The molecule has 78 valence electrons. The molecule has 1 aromatic carbocycles. The third-order valence-electron chi connectivity index (χ3n) is 2.88. The van der Waals surface area contributed by atoms with Gasteiger partial charge in [-0.2, -0.15) is 5.26 Å². The van der Waals surface area contributed by atoms with Crippen LogP contribution in [0, 0.1) is 18.3 Å². The van der Waals surface area contributed by atoms with Gasteiger partial charge in [0.15, 0.2) is 0 Å². The quantitative estimate of drug-likeness (QED) is 0.758. The van der Waals surface area contributed by atoms with Crippen LogP contribution in [0.3, 0.4) is 0 Å². The largest absolute Gasteiger partial charge is 0.197 e. The van der Waals surface area contributed by atoms with Crippen molar-refractivity contribution in [3.63, 3.8) is 0 Å². The predicted molar refractivity (Wildman–Crippen MR) is 64.9 cm³/mol. The maximum atomic E-state index is 9.28. The van der Waals surface area contributed by atoms with Crippen LogP contribution in [0.2, 0.25) is 0 Å². The van der Waals surface area contributed by atoms with Crippen LogP contribution in [0.4, 0.5) is 0 Å². The van der Waals surface area contributed by atoms with Crippen LogP contribution in [0.1, 0.15) is 24.0 Å². The van der Waals surface area contributed by atoms with Gasteiger partial charge in [0.2, 0.25) is 0 Å². The first kappa shape index (κ1) is 10.6. The fourth-order valence-electron chi connectivity index (χ4n) is 2.12. The van der Waals surface area contributed by atoms with Crippen LogP contribution in [0.15, 0.2) is 24.3 Å². The number of hydrogen-bond donors (Lipinski definition) is 0. The van der Waals surface area contributed by atoms with Crippen LogP contribution < -0.4 is 0 Å². The Labute approximate surface area is 95.5 Å². The molecule has 2 heteroatoms. The second-order valence-electron chi connectivity index (χ2n) is 4.22. The van der Waals surface area contributed by atoms with E-state index in [0.717, 1.165) is 18.6 Å². The fraction of sp³-hybridized carbons (Fsp3) is 0.462. The van der Waals surface area contributed by atoms with Crippen molar-refractivity contribution in [1.29, 1.82) is 5.26 Å². The lowest BCUT2D eigenvalue weighted by Crippen LogP contribution is -2.21. The third kappa shape index (κ3) is 2.35.